The molecule has 0 radical (unpaired) electrons. The average molecular weight is 318 g/mol. The lowest BCUT2D eigenvalue weighted by Crippen LogP contribution is -2.50. The molecule has 4 nitrogen and oxygen atoms in total. The Morgan fingerprint density at radius 3 is 2.82 bits per heavy atom. The summed E-state index contributed by atoms with van der Waals surface area (Å²) in [7, 11) is 0. The number of halogens is 1. The molecule has 1 atom stereocenters. The van der Waals surface area contributed by atoms with Crippen molar-refractivity contribution >= 4 is 39.1 Å². The van der Waals surface area contributed by atoms with E-state index in [4.69, 9.17) is 0 Å². The molecule has 1 N–H and O–H groups in total. The third-order valence-corrected chi connectivity index (χ3v) is 4.67. The number of carboxylic acid groups (broad SMARTS) is 1. The highest BCUT2D eigenvalue weighted by Gasteiger charge is 2.46. The molecule has 1 amide bonds. The second-order valence-electron chi connectivity index (χ2n) is 4.28. The maximum Gasteiger partial charge on any atom is 0.329 e. The normalized spacial score (nSPS) is 24.0. The first-order valence-corrected chi connectivity index (χ1v) is 6.92. The van der Waals surface area contributed by atoms with Crippen molar-refractivity contribution in [3.63, 3.8) is 0 Å². The molecule has 0 aromatic carbocycles. The minimum absolute atomic E-state index is 0.200. The maximum atomic E-state index is 12.2. The lowest BCUT2D eigenvalue weighted by Gasteiger charge is -2.30. The van der Waals surface area contributed by atoms with Crippen LogP contribution in [-0.2, 0) is 4.79 Å². The molecule has 17 heavy (non-hydrogen) atoms. The van der Waals surface area contributed by atoms with E-state index < -0.39 is 11.5 Å². The van der Waals surface area contributed by atoms with Gasteiger partial charge < -0.3 is 10.0 Å². The molecule has 0 saturated carbocycles. The van der Waals surface area contributed by atoms with Gasteiger partial charge in [-0.25, -0.2) is 4.79 Å². The number of aliphatic carboxylic acids is 1. The topological polar surface area (TPSA) is 57.6 Å². The summed E-state index contributed by atoms with van der Waals surface area (Å²) >= 11 is 4.72. The van der Waals surface area contributed by atoms with E-state index in [9.17, 15) is 14.7 Å². The Kier molecular flexibility index (Phi) is 3.27. The molecule has 2 heterocycles. The van der Waals surface area contributed by atoms with Gasteiger partial charge in [0.15, 0.2) is 0 Å². The van der Waals surface area contributed by atoms with Crippen molar-refractivity contribution in [3.8, 4) is 0 Å². The zero-order valence-electron chi connectivity index (χ0n) is 9.27. The number of amides is 1. The molecule has 0 spiro atoms. The van der Waals surface area contributed by atoms with Crippen molar-refractivity contribution in [2.75, 3.05) is 6.54 Å². The van der Waals surface area contributed by atoms with Crippen molar-refractivity contribution < 1.29 is 14.7 Å². The van der Waals surface area contributed by atoms with Crippen molar-refractivity contribution in [2.24, 2.45) is 0 Å². The molecular formula is C11H12BrNO3S. The smallest absolute Gasteiger partial charge is 0.329 e. The van der Waals surface area contributed by atoms with E-state index in [-0.39, 0.29) is 5.91 Å². The molecule has 1 saturated heterocycles. The first-order chi connectivity index (χ1) is 7.95. The average Bonchev–Trinajstić information content (AvgIpc) is 2.85. The second-order valence-corrected chi connectivity index (χ2v) is 6.57. The number of hydrogen-bond acceptors (Lipinski definition) is 3. The van der Waals surface area contributed by atoms with Crippen molar-refractivity contribution in [1.82, 2.24) is 4.90 Å². The monoisotopic (exact) mass is 317 g/mol. The molecule has 0 bridgehead atoms. The van der Waals surface area contributed by atoms with E-state index in [1.807, 2.05) is 0 Å². The zero-order chi connectivity index (χ0) is 12.6. The largest absolute Gasteiger partial charge is 0.480 e. The standard InChI is InChI=1S/C11H12BrNO3S/c1-11(10(15)16)3-2-4-13(11)9(14)7-5-8(12)17-6-7/h5-6H,2-4H2,1H3,(H,15,16)/t11-/m1/s1. The van der Waals surface area contributed by atoms with E-state index >= 15 is 0 Å². The fraction of sp³-hybridized carbons (Fsp3) is 0.455. The molecule has 92 valence electrons. The van der Waals surface area contributed by atoms with Crippen LogP contribution in [0.5, 0.6) is 0 Å². The third-order valence-electron chi connectivity index (χ3n) is 3.16. The summed E-state index contributed by atoms with van der Waals surface area (Å²) < 4.78 is 0.872. The minimum Gasteiger partial charge on any atom is -0.480 e. The van der Waals surface area contributed by atoms with Crippen LogP contribution in [0, 0.1) is 0 Å². The number of nitrogens with zero attached hydrogens (tertiary/aromatic N) is 1. The van der Waals surface area contributed by atoms with Crippen LogP contribution in [0.25, 0.3) is 0 Å². The lowest BCUT2D eigenvalue weighted by atomic mass is 9.99. The van der Waals surface area contributed by atoms with Gasteiger partial charge in [-0.2, -0.15) is 0 Å². The fourth-order valence-corrected chi connectivity index (χ4v) is 3.22. The number of hydrogen-bond donors (Lipinski definition) is 1. The predicted octanol–water partition coefficient (Wildman–Crippen LogP) is 2.59. The van der Waals surface area contributed by atoms with E-state index in [2.05, 4.69) is 15.9 Å². The van der Waals surface area contributed by atoms with Crippen molar-refractivity contribution in [2.45, 2.75) is 25.3 Å². The maximum absolute atomic E-state index is 12.2. The summed E-state index contributed by atoms with van der Waals surface area (Å²) in [5.41, 5.74) is -0.512. The first-order valence-electron chi connectivity index (χ1n) is 5.24. The van der Waals surface area contributed by atoms with Gasteiger partial charge in [-0.15, -0.1) is 11.3 Å². The number of carbonyl (C=O) groups is 2. The number of rotatable bonds is 2. The fourth-order valence-electron chi connectivity index (χ4n) is 2.09. The van der Waals surface area contributed by atoms with Gasteiger partial charge in [-0.1, -0.05) is 0 Å². The Labute approximate surface area is 111 Å². The van der Waals surface area contributed by atoms with Gasteiger partial charge in [0, 0.05) is 11.9 Å². The van der Waals surface area contributed by atoms with Crippen LogP contribution in [0.2, 0.25) is 0 Å². The Hall–Kier alpha value is -0.880. The Bertz CT molecular complexity index is 473. The Morgan fingerprint density at radius 2 is 2.29 bits per heavy atom. The lowest BCUT2D eigenvalue weighted by molar-refractivity contribution is -0.147. The number of carbonyl (C=O) groups excluding carboxylic acids is 1. The molecule has 6 heteroatoms. The Balaban J connectivity index is 2.28. The van der Waals surface area contributed by atoms with Crippen LogP contribution in [-0.4, -0.2) is 34.0 Å². The van der Waals surface area contributed by atoms with E-state index in [0.29, 0.717) is 18.5 Å². The van der Waals surface area contributed by atoms with Crippen molar-refractivity contribution in [3.05, 3.63) is 20.8 Å². The summed E-state index contributed by atoms with van der Waals surface area (Å²) in [4.78, 5) is 25.0. The third kappa shape index (κ3) is 2.11. The molecule has 2 rings (SSSR count). The van der Waals surface area contributed by atoms with Crippen LogP contribution >= 0.6 is 27.3 Å². The summed E-state index contributed by atoms with van der Waals surface area (Å²) in [6.45, 7) is 2.12. The van der Waals surface area contributed by atoms with E-state index in [1.54, 1.807) is 18.4 Å². The van der Waals surface area contributed by atoms with Gasteiger partial charge in [-0.3, -0.25) is 4.79 Å². The zero-order valence-corrected chi connectivity index (χ0v) is 11.7. The molecule has 1 fully saturated rings. The van der Waals surface area contributed by atoms with Crippen LogP contribution in [0.1, 0.15) is 30.1 Å². The summed E-state index contributed by atoms with van der Waals surface area (Å²) in [6.07, 6.45) is 1.25. The highest BCUT2D eigenvalue weighted by atomic mass is 79.9. The van der Waals surface area contributed by atoms with Gasteiger partial charge in [0.05, 0.1) is 9.35 Å². The summed E-state index contributed by atoms with van der Waals surface area (Å²) in [5, 5.41) is 11.0. The molecule has 0 unspecified atom stereocenters. The highest BCUT2D eigenvalue weighted by Crippen LogP contribution is 2.32. The second kappa shape index (κ2) is 4.42. The quantitative estimate of drug-likeness (QED) is 0.912. The van der Waals surface area contributed by atoms with Gasteiger partial charge in [0.1, 0.15) is 5.54 Å². The molecule has 0 aliphatic carbocycles. The Morgan fingerprint density at radius 1 is 1.59 bits per heavy atom. The van der Waals surface area contributed by atoms with Crippen LogP contribution in [0.3, 0.4) is 0 Å². The molecule has 1 aromatic heterocycles. The number of carboxylic acids is 1. The molecule has 1 aromatic rings. The highest BCUT2D eigenvalue weighted by molar-refractivity contribution is 9.11. The first kappa shape index (κ1) is 12.6. The van der Waals surface area contributed by atoms with Gasteiger partial charge in [0.25, 0.3) is 5.91 Å². The predicted molar refractivity (Wildman–Crippen MR) is 68.3 cm³/mol. The number of thiophene rings is 1. The molecule has 1 aliphatic rings. The van der Waals surface area contributed by atoms with E-state index in [0.717, 1.165) is 10.2 Å². The number of likely N-dealkylation sites (tertiary alicyclic amines) is 1. The van der Waals surface area contributed by atoms with Crippen molar-refractivity contribution in [1.29, 1.82) is 0 Å². The van der Waals surface area contributed by atoms with E-state index in [1.165, 1.54) is 16.2 Å². The van der Waals surface area contributed by atoms with Crippen LogP contribution < -0.4 is 0 Å². The van der Waals surface area contributed by atoms with Gasteiger partial charge >= 0.3 is 5.97 Å². The minimum atomic E-state index is -1.06. The van der Waals surface area contributed by atoms with Crippen LogP contribution in [0.4, 0.5) is 0 Å². The SMILES string of the molecule is C[C@]1(C(=O)O)CCCN1C(=O)c1csc(Br)c1. The molecule has 1 aliphatic heterocycles. The summed E-state index contributed by atoms with van der Waals surface area (Å²) in [6, 6.07) is 1.73. The molecular weight excluding hydrogens is 306 g/mol. The summed E-state index contributed by atoms with van der Waals surface area (Å²) in [5.74, 6) is -1.13. The van der Waals surface area contributed by atoms with Crippen LogP contribution in [0.15, 0.2) is 15.2 Å². The van der Waals surface area contributed by atoms with Gasteiger partial charge in [-0.05, 0) is 41.8 Å². The van der Waals surface area contributed by atoms with Gasteiger partial charge in [0.2, 0.25) is 0 Å².